The summed E-state index contributed by atoms with van der Waals surface area (Å²) in [7, 11) is 2.14. The topological polar surface area (TPSA) is 12.5 Å². The minimum absolute atomic E-state index is 0.390. The summed E-state index contributed by atoms with van der Waals surface area (Å²) >= 11 is 3.41. The minimum Gasteiger partial charge on any atom is -0.374 e. The number of morpholine rings is 1. The molecule has 2 atom stereocenters. The van der Waals surface area contributed by atoms with Gasteiger partial charge in [0.2, 0.25) is 0 Å². The van der Waals surface area contributed by atoms with E-state index in [0.29, 0.717) is 12.1 Å². The molecule has 0 radical (unpaired) electrons. The maximum absolute atomic E-state index is 5.52. The Morgan fingerprint density at radius 3 is 2.90 bits per heavy atom. The predicted octanol–water partition coefficient (Wildman–Crippen LogP) is 1.10. The second kappa shape index (κ2) is 3.69. The van der Waals surface area contributed by atoms with Gasteiger partial charge in [-0.05, 0) is 14.0 Å². The largest absolute Gasteiger partial charge is 0.374 e. The van der Waals surface area contributed by atoms with Crippen LogP contribution >= 0.6 is 15.9 Å². The summed E-state index contributed by atoms with van der Waals surface area (Å²) in [6, 6.07) is 0.579. The molecule has 1 fully saturated rings. The molecule has 1 aliphatic rings. The highest BCUT2D eigenvalue weighted by Crippen LogP contribution is 2.10. The maximum Gasteiger partial charge on any atom is 0.0799 e. The third kappa shape index (κ3) is 1.94. The number of alkyl halides is 1. The molecule has 3 heteroatoms. The summed E-state index contributed by atoms with van der Waals surface area (Å²) in [5, 5.41) is 0.948. The number of ether oxygens (including phenoxy) is 1. The van der Waals surface area contributed by atoms with Gasteiger partial charge in [0.1, 0.15) is 0 Å². The maximum atomic E-state index is 5.52. The highest BCUT2D eigenvalue weighted by atomic mass is 79.9. The summed E-state index contributed by atoms with van der Waals surface area (Å²) in [5.41, 5.74) is 0. The Labute approximate surface area is 70.7 Å². The molecule has 0 saturated carbocycles. The lowest BCUT2D eigenvalue weighted by Gasteiger charge is -2.34. The van der Waals surface area contributed by atoms with Gasteiger partial charge in [-0.3, -0.25) is 4.90 Å². The van der Waals surface area contributed by atoms with Crippen molar-refractivity contribution < 1.29 is 4.74 Å². The van der Waals surface area contributed by atoms with Gasteiger partial charge in [-0.25, -0.2) is 0 Å². The SMILES string of the molecule is CC1COC(CBr)CN1C. The minimum atomic E-state index is 0.390. The fourth-order valence-electron chi connectivity index (χ4n) is 1.05. The number of halogens is 1. The van der Waals surface area contributed by atoms with Gasteiger partial charge in [0.25, 0.3) is 0 Å². The molecule has 60 valence electrons. The summed E-state index contributed by atoms with van der Waals surface area (Å²) in [6.45, 7) is 4.10. The molecule has 0 bridgehead atoms. The second-order valence-corrected chi connectivity index (χ2v) is 3.55. The smallest absolute Gasteiger partial charge is 0.0799 e. The first-order valence-electron chi connectivity index (χ1n) is 3.62. The summed E-state index contributed by atoms with van der Waals surface area (Å²) in [5.74, 6) is 0. The van der Waals surface area contributed by atoms with Gasteiger partial charge >= 0.3 is 0 Å². The zero-order valence-corrected chi connectivity index (χ0v) is 8.10. The van der Waals surface area contributed by atoms with E-state index < -0.39 is 0 Å². The molecule has 0 N–H and O–H groups in total. The van der Waals surface area contributed by atoms with Crippen LogP contribution in [0.2, 0.25) is 0 Å². The first kappa shape index (κ1) is 8.50. The third-order valence-corrected chi connectivity index (χ3v) is 2.71. The van der Waals surface area contributed by atoms with Crippen LogP contribution in [0.4, 0.5) is 0 Å². The van der Waals surface area contributed by atoms with Crippen LogP contribution in [0.3, 0.4) is 0 Å². The molecular weight excluding hydrogens is 194 g/mol. The Kier molecular flexibility index (Phi) is 3.14. The average Bonchev–Trinajstić information content (AvgIpc) is 1.95. The van der Waals surface area contributed by atoms with Crippen molar-refractivity contribution in [2.75, 3.05) is 25.5 Å². The molecule has 1 rings (SSSR count). The van der Waals surface area contributed by atoms with E-state index in [-0.39, 0.29) is 0 Å². The molecule has 0 amide bonds. The second-order valence-electron chi connectivity index (χ2n) is 2.90. The van der Waals surface area contributed by atoms with Crippen molar-refractivity contribution in [3.8, 4) is 0 Å². The summed E-state index contributed by atoms with van der Waals surface area (Å²) in [4.78, 5) is 2.33. The number of hydrogen-bond donors (Lipinski definition) is 0. The molecule has 0 aromatic heterocycles. The van der Waals surface area contributed by atoms with E-state index in [1.807, 2.05) is 0 Å². The molecule has 1 heterocycles. The highest BCUT2D eigenvalue weighted by molar-refractivity contribution is 9.09. The monoisotopic (exact) mass is 207 g/mol. The van der Waals surface area contributed by atoms with E-state index in [0.717, 1.165) is 18.5 Å². The Morgan fingerprint density at radius 1 is 1.70 bits per heavy atom. The molecule has 0 aromatic rings. The van der Waals surface area contributed by atoms with E-state index in [9.17, 15) is 0 Å². The summed E-state index contributed by atoms with van der Waals surface area (Å²) in [6.07, 6.45) is 0.390. The van der Waals surface area contributed by atoms with Gasteiger partial charge in [0.05, 0.1) is 12.7 Å². The Balaban J connectivity index is 2.33. The normalized spacial score (nSPS) is 36.3. The molecular formula is C7H14BrNO. The number of nitrogens with zero attached hydrogens (tertiary/aromatic N) is 1. The van der Waals surface area contributed by atoms with Crippen LogP contribution in [-0.2, 0) is 4.74 Å². The molecule has 0 aliphatic carbocycles. The van der Waals surface area contributed by atoms with Crippen molar-refractivity contribution in [2.24, 2.45) is 0 Å². The van der Waals surface area contributed by atoms with Crippen molar-refractivity contribution in [1.82, 2.24) is 4.90 Å². The standard InChI is InChI=1S/C7H14BrNO/c1-6-5-10-7(3-8)4-9(6)2/h6-7H,3-5H2,1-2H3. The van der Waals surface area contributed by atoms with Crippen LogP contribution < -0.4 is 0 Å². The van der Waals surface area contributed by atoms with Crippen LogP contribution in [0.5, 0.6) is 0 Å². The highest BCUT2D eigenvalue weighted by Gasteiger charge is 2.21. The van der Waals surface area contributed by atoms with Crippen molar-refractivity contribution in [2.45, 2.75) is 19.1 Å². The van der Waals surface area contributed by atoms with Crippen LogP contribution in [-0.4, -0.2) is 42.6 Å². The van der Waals surface area contributed by atoms with Crippen molar-refractivity contribution in [1.29, 1.82) is 0 Å². The van der Waals surface area contributed by atoms with Crippen LogP contribution in [0, 0.1) is 0 Å². The Bertz CT molecular complexity index is 110. The van der Waals surface area contributed by atoms with E-state index in [4.69, 9.17) is 4.74 Å². The van der Waals surface area contributed by atoms with Crippen molar-refractivity contribution in [3.63, 3.8) is 0 Å². The van der Waals surface area contributed by atoms with Gasteiger partial charge in [0, 0.05) is 17.9 Å². The van der Waals surface area contributed by atoms with Crippen molar-refractivity contribution in [3.05, 3.63) is 0 Å². The third-order valence-electron chi connectivity index (χ3n) is 1.99. The fraction of sp³-hybridized carbons (Fsp3) is 1.00. The lowest BCUT2D eigenvalue weighted by atomic mass is 10.2. The van der Waals surface area contributed by atoms with Gasteiger partial charge in [0.15, 0.2) is 0 Å². The molecule has 1 aliphatic heterocycles. The fourth-order valence-corrected chi connectivity index (χ4v) is 1.44. The van der Waals surface area contributed by atoms with E-state index in [1.165, 1.54) is 0 Å². The Hall–Kier alpha value is 0.400. The van der Waals surface area contributed by atoms with Gasteiger partial charge in [-0.2, -0.15) is 0 Å². The zero-order chi connectivity index (χ0) is 7.56. The van der Waals surface area contributed by atoms with E-state index >= 15 is 0 Å². The molecule has 2 unspecified atom stereocenters. The average molecular weight is 208 g/mol. The number of rotatable bonds is 1. The summed E-state index contributed by atoms with van der Waals surface area (Å²) < 4.78 is 5.52. The van der Waals surface area contributed by atoms with E-state index in [2.05, 4.69) is 34.8 Å². The number of hydrogen-bond acceptors (Lipinski definition) is 2. The van der Waals surface area contributed by atoms with Crippen LogP contribution in [0.25, 0.3) is 0 Å². The van der Waals surface area contributed by atoms with Gasteiger partial charge < -0.3 is 4.74 Å². The molecule has 2 nitrogen and oxygen atoms in total. The lowest BCUT2D eigenvalue weighted by molar-refractivity contribution is -0.0359. The first-order valence-corrected chi connectivity index (χ1v) is 4.74. The molecule has 1 saturated heterocycles. The zero-order valence-electron chi connectivity index (χ0n) is 6.51. The first-order chi connectivity index (χ1) is 4.74. The Morgan fingerprint density at radius 2 is 2.40 bits per heavy atom. The number of likely N-dealkylation sites (N-methyl/N-ethyl adjacent to an activating group) is 1. The van der Waals surface area contributed by atoms with Gasteiger partial charge in [-0.15, -0.1) is 0 Å². The van der Waals surface area contributed by atoms with Crippen LogP contribution in [0.15, 0.2) is 0 Å². The quantitative estimate of drug-likeness (QED) is 0.598. The lowest BCUT2D eigenvalue weighted by Crippen LogP contribution is -2.46. The molecule has 10 heavy (non-hydrogen) atoms. The van der Waals surface area contributed by atoms with Crippen LogP contribution in [0.1, 0.15) is 6.92 Å². The van der Waals surface area contributed by atoms with Crippen molar-refractivity contribution >= 4 is 15.9 Å². The molecule has 0 spiro atoms. The predicted molar refractivity (Wildman–Crippen MR) is 45.6 cm³/mol. The van der Waals surface area contributed by atoms with Gasteiger partial charge in [-0.1, -0.05) is 15.9 Å². The molecule has 0 aromatic carbocycles. The van der Waals surface area contributed by atoms with E-state index in [1.54, 1.807) is 0 Å².